The third-order valence-corrected chi connectivity index (χ3v) is 15.5. The molecule has 0 spiro atoms. The van der Waals surface area contributed by atoms with Crippen LogP contribution in [-0.2, 0) is 53.2 Å². The molecule has 1 aromatic heterocycles. The first kappa shape index (κ1) is 65.0. The number of aromatic hydroxyl groups is 1. The van der Waals surface area contributed by atoms with E-state index < -0.39 is 104 Å². The van der Waals surface area contributed by atoms with Crippen molar-refractivity contribution in [3.05, 3.63) is 98.2 Å². The zero-order valence-corrected chi connectivity index (χ0v) is 46.9. The lowest BCUT2D eigenvalue weighted by Crippen LogP contribution is -2.52. The molecular formula is C51H59N8O22PS2. The van der Waals surface area contributed by atoms with Crippen LogP contribution in [0.4, 0.5) is 5.82 Å². The highest BCUT2D eigenvalue weighted by atomic mass is 32.2. The molecule has 1 saturated heterocycles. The van der Waals surface area contributed by atoms with Gasteiger partial charge in [-0.1, -0.05) is 30.7 Å². The molecule has 4 atom stereocenters. The van der Waals surface area contributed by atoms with Gasteiger partial charge in [-0.05, 0) is 80.5 Å². The van der Waals surface area contributed by atoms with Crippen LogP contribution >= 0.6 is 7.82 Å². The van der Waals surface area contributed by atoms with Gasteiger partial charge in [0.1, 0.15) is 29.1 Å². The van der Waals surface area contributed by atoms with Crippen molar-refractivity contribution in [2.75, 3.05) is 45.1 Å². The molecule has 2 unspecified atom stereocenters. The number of nitrogens with zero attached hydrogens (tertiary/aromatic N) is 2. The van der Waals surface area contributed by atoms with E-state index in [1.807, 2.05) is 5.32 Å². The molecule has 452 valence electrons. The third kappa shape index (κ3) is 18.7. The Balaban J connectivity index is 0.873. The predicted octanol–water partition coefficient (Wildman–Crippen LogP) is 0.774. The summed E-state index contributed by atoms with van der Waals surface area (Å²) in [6, 6.07) is 11.2. The Labute approximate surface area is 478 Å². The van der Waals surface area contributed by atoms with Crippen molar-refractivity contribution < 1.29 is 93.0 Å². The van der Waals surface area contributed by atoms with E-state index in [-0.39, 0.29) is 95.9 Å². The van der Waals surface area contributed by atoms with Crippen molar-refractivity contribution in [2.24, 2.45) is 0 Å². The Hall–Kier alpha value is -8.12. The molecule has 6 rings (SSSR count). The maximum absolute atomic E-state index is 13.3. The number of carbonyl (C=O) groups is 6. The van der Waals surface area contributed by atoms with Crippen LogP contribution in [0, 0.1) is 11.8 Å². The number of hydrogen-bond donors (Lipinski definition) is 12. The lowest BCUT2D eigenvalue weighted by molar-refractivity contribution is -0.123. The summed E-state index contributed by atoms with van der Waals surface area (Å²) >= 11 is 0. The number of unbranched alkanes of at least 4 members (excludes halogenated alkanes) is 4. The molecule has 30 nitrogen and oxygen atoms in total. The van der Waals surface area contributed by atoms with Crippen LogP contribution in [0.5, 0.6) is 5.75 Å². The van der Waals surface area contributed by atoms with Crippen LogP contribution in [0.15, 0.2) is 74.8 Å². The van der Waals surface area contributed by atoms with Gasteiger partial charge in [0.15, 0.2) is 15.9 Å². The van der Waals surface area contributed by atoms with Gasteiger partial charge in [-0.15, -0.1) is 0 Å². The number of aromatic nitrogens is 2. The predicted molar refractivity (Wildman–Crippen MR) is 296 cm³/mol. The highest BCUT2D eigenvalue weighted by Gasteiger charge is 2.36. The van der Waals surface area contributed by atoms with Crippen molar-refractivity contribution >= 4 is 80.4 Å². The minimum absolute atomic E-state index is 0.0381. The molecule has 2 aromatic carbocycles. The number of nitrogens with one attached hydrogen (secondary N) is 5. The summed E-state index contributed by atoms with van der Waals surface area (Å²) in [4.78, 5) is 123. The van der Waals surface area contributed by atoms with Gasteiger partial charge in [0.2, 0.25) is 23.6 Å². The number of aromatic carboxylic acids is 1. The summed E-state index contributed by atoms with van der Waals surface area (Å²) in [5.41, 5.74) is 4.77. The molecule has 33 heteroatoms. The van der Waals surface area contributed by atoms with Crippen molar-refractivity contribution in [2.45, 2.75) is 87.0 Å². The number of phosphoric ester groups is 1. The van der Waals surface area contributed by atoms with Crippen LogP contribution in [0.1, 0.15) is 96.7 Å². The number of amides is 5. The highest BCUT2D eigenvalue weighted by molar-refractivity contribution is 7.87. The first-order valence-corrected chi connectivity index (χ1v) is 30.2. The van der Waals surface area contributed by atoms with E-state index in [9.17, 15) is 79.1 Å². The molecule has 3 heterocycles. The minimum atomic E-state index is -5.37. The molecule has 0 bridgehead atoms. The standard InChI is InChI=1S/C51H59N8O22PS2/c52-46-30(27-59(51(69)58-46)44-18-14-33(80-44)28-79-82(70,71)72)8-7-21-54-43(63)10-3-1-5-19-53-42(62)9-4-2-6-20-55-48(65)40(83(73,74)75)26-57-49(66)41(84(76,77)78)25-56-47(64)29-11-15-34(37(22-29)50(67)68)45-35-16-12-31(60)23-38(35)81-39-24-32(61)13-17-36(39)45/h11-13,15-17,22-24,27,33,40-41,44,60H,1-6,9-10,14,18-21,25-26,28H2,(H,53,62)(H,54,63)(H,55,65)(H,56,64)(H,57,66)(H,67,68)(H2,52,58,69)(H2,70,71,72)(H,73,74,75)(H,76,77,78)/t33-,40?,41?,44+/m0/s1. The van der Waals surface area contributed by atoms with Crippen LogP contribution < -0.4 is 43.4 Å². The largest absolute Gasteiger partial charge is 0.508 e. The first-order chi connectivity index (χ1) is 39.6. The molecule has 1 aliphatic carbocycles. The van der Waals surface area contributed by atoms with E-state index >= 15 is 0 Å². The summed E-state index contributed by atoms with van der Waals surface area (Å²) in [5.74, 6) is -0.899. The molecule has 3 aliphatic rings. The summed E-state index contributed by atoms with van der Waals surface area (Å²) < 4.78 is 96.8. The monoisotopic (exact) mass is 1230 g/mol. The zero-order valence-electron chi connectivity index (χ0n) is 44.3. The lowest BCUT2D eigenvalue weighted by Gasteiger charge is -2.19. The van der Waals surface area contributed by atoms with Crippen molar-refractivity contribution in [1.29, 1.82) is 0 Å². The Kier molecular flexibility index (Phi) is 22.4. The second kappa shape index (κ2) is 28.9. The Morgan fingerprint density at radius 1 is 0.786 bits per heavy atom. The van der Waals surface area contributed by atoms with Gasteiger partial charge in [-0.3, -0.25) is 47.0 Å². The van der Waals surface area contributed by atoms with Gasteiger partial charge in [-0.25, -0.2) is 14.2 Å². The number of carbonyl (C=O) groups excluding carboxylic acids is 5. The number of ether oxygens (including phenoxy) is 1. The van der Waals surface area contributed by atoms with Crippen molar-refractivity contribution in [3.8, 4) is 40.0 Å². The van der Waals surface area contributed by atoms with Gasteiger partial charge < -0.3 is 61.5 Å². The quantitative estimate of drug-likeness (QED) is 0.0108. The number of phenolic OH excluding ortho intramolecular Hbond substituents is 1. The average molecular weight is 1230 g/mol. The van der Waals surface area contributed by atoms with Crippen molar-refractivity contribution in [1.82, 2.24) is 36.1 Å². The number of carboxylic acids is 1. The van der Waals surface area contributed by atoms with E-state index in [0.29, 0.717) is 62.4 Å². The SMILES string of the molecule is Nc1nc(=O)n([C@H]2CC[C@@H](COP(=O)(O)O)O2)cc1C#CCNC(=O)CCCCCNC(=O)CCCCCNC(=O)C(CNC(=O)C(CNC(=O)c1ccc(-c2c3ccc(=O)cc-3oc3cc(O)ccc23)c(C(=O)O)c1)S(=O)(=O)O)S(=O)(=O)O. The van der Waals surface area contributed by atoms with E-state index in [4.69, 9.17) is 24.7 Å². The number of phenols is 1. The Bertz CT molecular complexity index is 3750. The summed E-state index contributed by atoms with van der Waals surface area (Å²) in [6.07, 6.45) is 3.52. The number of carboxylic acid groups (broad SMARTS) is 1. The first-order valence-electron chi connectivity index (χ1n) is 25.7. The number of phosphoric acid groups is 1. The maximum Gasteiger partial charge on any atom is 0.469 e. The lowest BCUT2D eigenvalue weighted by atomic mass is 9.90. The topological polar surface area (TPSA) is 479 Å². The number of benzene rings is 3. The van der Waals surface area contributed by atoms with Crippen LogP contribution in [-0.4, -0.2) is 147 Å². The van der Waals surface area contributed by atoms with Crippen LogP contribution in [0.3, 0.4) is 0 Å². The van der Waals surface area contributed by atoms with Crippen molar-refractivity contribution in [3.63, 3.8) is 0 Å². The van der Waals surface area contributed by atoms with Gasteiger partial charge in [0.25, 0.3) is 26.1 Å². The number of hydrogen-bond acceptors (Lipinski definition) is 19. The number of anilines is 1. The fourth-order valence-electron chi connectivity index (χ4n) is 8.66. The van der Waals surface area contributed by atoms with E-state index in [1.165, 1.54) is 42.6 Å². The number of nitrogen functional groups attached to an aromatic ring is 1. The second-order valence-electron chi connectivity index (χ2n) is 19.0. The van der Waals surface area contributed by atoms with E-state index in [2.05, 4.69) is 42.6 Å². The average Bonchev–Trinajstić information content (AvgIpc) is 1.09. The van der Waals surface area contributed by atoms with Crippen LogP contribution in [0.2, 0.25) is 0 Å². The third-order valence-electron chi connectivity index (χ3n) is 12.9. The second-order valence-corrected chi connectivity index (χ2v) is 23.4. The molecule has 13 N–H and O–H groups in total. The molecule has 84 heavy (non-hydrogen) atoms. The summed E-state index contributed by atoms with van der Waals surface area (Å²) in [6.45, 7) is -2.57. The van der Waals surface area contributed by atoms with Gasteiger partial charge in [0.05, 0.1) is 30.4 Å². The smallest absolute Gasteiger partial charge is 0.469 e. The molecule has 3 aromatic rings. The number of rotatable bonds is 28. The minimum Gasteiger partial charge on any atom is -0.508 e. The van der Waals surface area contributed by atoms with E-state index in [1.54, 1.807) is 0 Å². The maximum atomic E-state index is 13.3. The van der Waals surface area contributed by atoms with Crippen LogP contribution in [0.25, 0.3) is 33.4 Å². The zero-order chi connectivity index (χ0) is 61.5. The normalized spacial score (nSPS) is 15.1. The fourth-order valence-corrected chi connectivity index (χ4v) is 10.3. The molecule has 0 saturated carbocycles. The molecular weight excluding hydrogens is 1170 g/mol. The Morgan fingerprint density at radius 3 is 2.07 bits per heavy atom. The van der Waals surface area contributed by atoms with Gasteiger partial charge in [0, 0.05) is 79.4 Å². The molecule has 2 aliphatic heterocycles. The van der Waals surface area contributed by atoms with E-state index in [0.717, 1.165) is 22.8 Å². The Morgan fingerprint density at radius 2 is 1.42 bits per heavy atom. The number of nitrogens with two attached hydrogens (primary N) is 1. The molecule has 1 fully saturated rings. The summed E-state index contributed by atoms with van der Waals surface area (Å²) in [5, 5.41) is 27.4. The molecule has 0 radical (unpaired) electrons. The summed E-state index contributed by atoms with van der Waals surface area (Å²) in [7, 11) is -15.3. The fraction of sp³-hybridized carbons (Fsp3) is 0.392. The van der Waals surface area contributed by atoms with Gasteiger partial charge in [-0.2, -0.15) is 21.8 Å². The molecule has 5 amide bonds. The number of fused-ring (bicyclic) bond motifs is 2. The highest BCUT2D eigenvalue weighted by Crippen LogP contribution is 2.42. The van der Waals surface area contributed by atoms with Gasteiger partial charge >= 0.3 is 19.5 Å².